The minimum Gasteiger partial charge on any atom is -0.372 e. The van der Waals surface area contributed by atoms with Crippen LogP contribution in [0.5, 0.6) is 0 Å². The molecule has 1 aromatic heterocycles. The van der Waals surface area contributed by atoms with E-state index in [2.05, 4.69) is 15.5 Å². The molecule has 1 heterocycles. The van der Waals surface area contributed by atoms with E-state index in [0.717, 1.165) is 5.56 Å². The maximum Gasteiger partial charge on any atom is 0.148 e. The van der Waals surface area contributed by atoms with E-state index in [0.29, 0.717) is 17.1 Å². The summed E-state index contributed by atoms with van der Waals surface area (Å²) in [7, 11) is 1.76. The standard InChI is InChI=1S/C12H12FN3/c1-8-3-4-10(13)9(7-8)11-5-6-12(14-2)16-15-11/h3-7H,1-2H3,(H,14,16). The number of rotatable bonds is 2. The van der Waals surface area contributed by atoms with Gasteiger partial charge in [0, 0.05) is 12.6 Å². The van der Waals surface area contributed by atoms with Gasteiger partial charge in [0.2, 0.25) is 0 Å². The highest BCUT2D eigenvalue weighted by molar-refractivity contribution is 5.61. The summed E-state index contributed by atoms with van der Waals surface area (Å²) < 4.78 is 13.6. The third kappa shape index (κ3) is 2.00. The number of aryl methyl sites for hydroxylation is 1. The molecule has 0 unspecified atom stereocenters. The summed E-state index contributed by atoms with van der Waals surface area (Å²) in [6, 6.07) is 8.45. The Hall–Kier alpha value is -1.97. The first kappa shape index (κ1) is 10.5. The third-order valence-electron chi connectivity index (χ3n) is 2.32. The van der Waals surface area contributed by atoms with Gasteiger partial charge in [-0.25, -0.2) is 4.39 Å². The van der Waals surface area contributed by atoms with E-state index in [4.69, 9.17) is 0 Å². The summed E-state index contributed by atoms with van der Waals surface area (Å²) >= 11 is 0. The number of nitrogens with one attached hydrogen (secondary N) is 1. The molecule has 0 saturated heterocycles. The fraction of sp³-hybridized carbons (Fsp3) is 0.167. The first-order valence-electron chi connectivity index (χ1n) is 4.98. The summed E-state index contributed by atoms with van der Waals surface area (Å²) in [4.78, 5) is 0. The Morgan fingerprint density at radius 2 is 1.94 bits per heavy atom. The van der Waals surface area contributed by atoms with E-state index in [1.165, 1.54) is 6.07 Å². The molecule has 0 amide bonds. The minimum atomic E-state index is -0.280. The van der Waals surface area contributed by atoms with Gasteiger partial charge in [-0.3, -0.25) is 0 Å². The Morgan fingerprint density at radius 1 is 1.12 bits per heavy atom. The molecule has 3 nitrogen and oxygen atoms in total. The molecule has 1 aromatic carbocycles. The molecule has 1 N–H and O–H groups in total. The zero-order valence-electron chi connectivity index (χ0n) is 9.16. The molecule has 0 aliphatic heterocycles. The highest BCUT2D eigenvalue weighted by Gasteiger charge is 2.06. The maximum absolute atomic E-state index is 13.6. The van der Waals surface area contributed by atoms with E-state index >= 15 is 0 Å². The van der Waals surface area contributed by atoms with Crippen LogP contribution >= 0.6 is 0 Å². The topological polar surface area (TPSA) is 37.8 Å². The molecular weight excluding hydrogens is 205 g/mol. The molecule has 0 fully saturated rings. The molecule has 0 bridgehead atoms. The second kappa shape index (κ2) is 4.26. The van der Waals surface area contributed by atoms with Crippen molar-refractivity contribution in [3.05, 3.63) is 41.7 Å². The van der Waals surface area contributed by atoms with E-state index in [1.54, 1.807) is 31.3 Å². The predicted molar refractivity (Wildman–Crippen MR) is 61.7 cm³/mol. The molecule has 16 heavy (non-hydrogen) atoms. The Bertz CT molecular complexity index is 494. The highest BCUT2D eigenvalue weighted by Crippen LogP contribution is 2.21. The third-order valence-corrected chi connectivity index (χ3v) is 2.32. The van der Waals surface area contributed by atoms with Crippen molar-refractivity contribution in [1.29, 1.82) is 0 Å². The van der Waals surface area contributed by atoms with Crippen LogP contribution in [0.25, 0.3) is 11.3 Å². The summed E-state index contributed by atoms with van der Waals surface area (Å²) in [5.41, 5.74) is 2.02. The van der Waals surface area contributed by atoms with Gasteiger partial charge >= 0.3 is 0 Å². The van der Waals surface area contributed by atoms with Crippen molar-refractivity contribution in [3.63, 3.8) is 0 Å². The minimum absolute atomic E-state index is 0.280. The van der Waals surface area contributed by atoms with Crippen LogP contribution in [0.2, 0.25) is 0 Å². The zero-order valence-corrected chi connectivity index (χ0v) is 9.16. The predicted octanol–water partition coefficient (Wildman–Crippen LogP) is 2.63. The van der Waals surface area contributed by atoms with Crippen molar-refractivity contribution in [2.75, 3.05) is 12.4 Å². The molecule has 0 aliphatic rings. The smallest absolute Gasteiger partial charge is 0.148 e. The van der Waals surface area contributed by atoms with Gasteiger partial charge in [0.25, 0.3) is 0 Å². The lowest BCUT2D eigenvalue weighted by molar-refractivity contribution is 0.630. The lowest BCUT2D eigenvalue weighted by atomic mass is 10.1. The average Bonchev–Trinajstić information content (AvgIpc) is 2.32. The van der Waals surface area contributed by atoms with Crippen LogP contribution in [0.4, 0.5) is 10.2 Å². The van der Waals surface area contributed by atoms with Crippen molar-refractivity contribution in [2.45, 2.75) is 6.92 Å². The Balaban J connectivity index is 2.45. The number of aromatic nitrogens is 2. The van der Waals surface area contributed by atoms with Crippen LogP contribution in [0, 0.1) is 12.7 Å². The fourth-order valence-electron chi connectivity index (χ4n) is 1.44. The van der Waals surface area contributed by atoms with Crippen LogP contribution < -0.4 is 5.32 Å². The van der Waals surface area contributed by atoms with Crippen molar-refractivity contribution < 1.29 is 4.39 Å². The van der Waals surface area contributed by atoms with E-state index < -0.39 is 0 Å². The van der Waals surface area contributed by atoms with Crippen molar-refractivity contribution in [2.24, 2.45) is 0 Å². The van der Waals surface area contributed by atoms with Crippen LogP contribution in [-0.2, 0) is 0 Å². The first-order valence-corrected chi connectivity index (χ1v) is 4.98. The maximum atomic E-state index is 13.6. The van der Waals surface area contributed by atoms with Gasteiger partial charge in [-0.15, -0.1) is 10.2 Å². The van der Waals surface area contributed by atoms with Crippen LogP contribution in [0.1, 0.15) is 5.56 Å². The number of hydrogen-bond donors (Lipinski definition) is 1. The Labute approximate surface area is 93.3 Å². The molecule has 4 heteroatoms. The van der Waals surface area contributed by atoms with Gasteiger partial charge in [0.1, 0.15) is 11.6 Å². The average molecular weight is 217 g/mol. The molecule has 0 aliphatic carbocycles. The largest absolute Gasteiger partial charge is 0.372 e. The fourth-order valence-corrected chi connectivity index (χ4v) is 1.44. The van der Waals surface area contributed by atoms with Gasteiger partial charge in [0.15, 0.2) is 0 Å². The summed E-state index contributed by atoms with van der Waals surface area (Å²) in [6.07, 6.45) is 0. The summed E-state index contributed by atoms with van der Waals surface area (Å²) in [5.74, 6) is 0.383. The Kier molecular flexibility index (Phi) is 2.81. The van der Waals surface area contributed by atoms with Gasteiger partial charge in [-0.05, 0) is 31.2 Å². The summed E-state index contributed by atoms with van der Waals surface area (Å²) in [5, 5.41) is 10.8. The first-order chi connectivity index (χ1) is 7.70. The SMILES string of the molecule is CNc1ccc(-c2cc(C)ccc2F)nn1. The van der Waals surface area contributed by atoms with Gasteiger partial charge in [0.05, 0.1) is 5.69 Å². The lowest BCUT2D eigenvalue weighted by Crippen LogP contribution is -1.96. The van der Waals surface area contributed by atoms with E-state index in [9.17, 15) is 4.39 Å². The molecule has 2 aromatic rings. The van der Waals surface area contributed by atoms with Crippen LogP contribution in [0.15, 0.2) is 30.3 Å². The van der Waals surface area contributed by atoms with Crippen LogP contribution in [0.3, 0.4) is 0 Å². The number of hydrogen-bond acceptors (Lipinski definition) is 3. The summed E-state index contributed by atoms with van der Waals surface area (Å²) in [6.45, 7) is 1.92. The molecule has 82 valence electrons. The quantitative estimate of drug-likeness (QED) is 0.840. The molecule has 0 atom stereocenters. The van der Waals surface area contributed by atoms with Crippen molar-refractivity contribution in [3.8, 4) is 11.3 Å². The van der Waals surface area contributed by atoms with Gasteiger partial charge in [-0.1, -0.05) is 11.6 Å². The monoisotopic (exact) mass is 217 g/mol. The highest BCUT2D eigenvalue weighted by atomic mass is 19.1. The number of nitrogens with zero attached hydrogens (tertiary/aromatic N) is 2. The van der Waals surface area contributed by atoms with E-state index in [-0.39, 0.29) is 5.82 Å². The van der Waals surface area contributed by atoms with Crippen molar-refractivity contribution in [1.82, 2.24) is 10.2 Å². The number of benzene rings is 1. The Morgan fingerprint density at radius 3 is 2.56 bits per heavy atom. The molecule has 0 spiro atoms. The van der Waals surface area contributed by atoms with E-state index in [1.807, 2.05) is 6.92 Å². The van der Waals surface area contributed by atoms with Crippen LogP contribution in [-0.4, -0.2) is 17.2 Å². The lowest BCUT2D eigenvalue weighted by Gasteiger charge is -2.04. The second-order valence-electron chi connectivity index (χ2n) is 3.54. The number of anilines is 1. The molecule has 0 radical (unpaired) electrons. The molecule has 2 rings (SSSR count). The van der Waals surface area contributed by atoms with Gasteiger partial charge in [-0.2, -0.15) is 0 Å². The zero-order chi connectivity index (χ0) is 11.5. The molecule has 0 saturated carbocycles. The normalized spacial score (nSPS) is 10.2. The van der Waals surface area contributed by atoms with Crippen molar-refractivity contribution >= 4 is 5.82 Å². The second-order valence-corrected chi connectivity index (χ2v) is 3.54. The van der Waals surface area contributed by atoms with Gasteiger partial charge < -0.3 is 5.32 Å². The number of halogens is 1. The molecular formula is C12H12FN3.